The Hall–Kier alpha value is -1.06. The Kier molecular flexibility index (Phi) is 8.63. The van der Waals surface area contributed by atoms with Crippen LogP contribution in [0.3, 0.4) is 0 Å². The van der Waals surface area contributed by atoms with E-state index in [0.717, 1.165) is 12.0 Å². The van der Waals surface area contributed by atoms with Crippen molar-refractivity contribution in [2.75, 3.05) is 0 Å². The van der Waals surface area contributed by atoms with E-state index in [-0.39, 0.29) is 11.8 Å². The predicted molar refractivity (Wildman–Crippen MR) is 112 cm³/mol. The van der Waals surface area contributed by atoms with Crippen molar-refractivity contribution >= 4 is 30.6 Å². The molecule has 1 aliphatic rings. The molecule has 2 nitrogen and oxygen atoms in total. The number of fused-ring (bicyclic) bond motifs is 1. The van der Waals surface area contributed by atoms with Crippen LogP contribution in [0.15, 0.2) is 54.6 Å². The van der Waals surface area contributed by atoms with Crippen LogP contribution in [-0.4, -0.2) is 5.91 Å². The molecule has 1 atom stereocenters. The van der Waals surface area contributed by atoms with Gasteiger partial charge < -0.3 is 10.1 Å². The molecule has 2 aromatic carbocycles. The number of hydrogen-bond acceptors (Lipinski definition) is 1. The predicted octanol–water partition coefficient (Wildman–Crippen LogP) is 7.16. The number of halogens is 2. The number of nitrogens with zero attached hydrogens (tertiary/aromatic N) is 1. The fourth-order valence-corrected chi connectivity index (χ4v) is 3.49. The third kappa shape index (κ3) is 5.71. The molecule has 142 valence electrons. The second kappa shape index (κ2) is 10.5. The van der Waals surface area contributed by atoms with Gasteiger partial charge in [0.25, 0.3) is 0 Å². The van der Waals surface area contributed by atoms with Crippen LogP contribution in [-0.2, 0) is 27.4 Å². The van der Waals surface area contributed by atoms with Crippen LogP contribution in [0.1, 0.15) is 61.8 Å². The molecule has 0 radical (unpaired) electrons. The van der Waals surface area contributed by atoms with Gasteiger partial charge in [-0.2, -0.15) is 0 Å². The minimum atomic E-state index is -0.556. The van der Waals surface area contributed by atoms with Crippen LogP contribution in [0.2, 0.25) is 0 Å². The Morgan fingerprint density at radius 2 is 1.67 bits per heavy atom. The molecule has 1 unspecified atom stereocenters. The van der Waals surface area contributed by atoms with Gasteiger partial charge in [0, 0.05) is 5.92 Å². The quantitative estimate of drug-likeness (QED) is 0.457. The van der Waals surface area contributed by atoms with Crippen molar-refractivity contribution in [3.8, 4) is 0 Å². The molecule has 0 aromatic heterocycles. The van der Waals surface area contributed by atoms with E-state index in [4.69, 9.17) is 18.6 Å². The van der Waals surface area contributed by atoms with Crippen molar-refractivity contribution in [3.05, 3.63) is 82.2 Å². The van der Waals surface area contributed by atoms with Gasteiger partial charge in [-0.25, -0.2) is 0 Å². The van der Waals surface area contributed by atoms with E-state index in [9.17, 15) is 4.79 Å². The summed E-state index contributed by atoms with van der Waals surface area (Å²) in [6.07, 6.45) is 5.77. The summed E-state index contributed by atoms with van der Waals surface area (Å²) in [6, 6.07) is 16.9. The molecule has 2 aromatic rings. The Labute approximate surface area is 179 Å². The van der Waals surface area contributed by atoms with Gasteiger partial charge in [-0.05, 0) is 23.1 Å². The first kappa shape index (κ1) is 22.2. The summed E-state index contributed by atoms with van der Waals surface area (Å²) >= 11 is -0.556. The molecule has 0 heterocycles. The van der Waals surface area contributed by atoms with Crippen LogP contribution >= 0.6 is 18.6 Å². The monoisotopic (exact) mass is 436 g/mol. The summed E-state index contributed by atoms with van der Waals surface area (Å²) in [6.45, 7) is 6.07. The number of carbonyl (C=O) groups is 1. The summed E-state index contributed by atoms with van der Waals surface area (Å²) in [5.41, 5.74) is 4.43. The third-order valence-electron chi connectivity index (χ3n) is 4.62. The van der Waals surface area contributed by atoms with Gasteiger partial charge in [0.2, 0.25) is 0 Å². The topological polar surface area (TPSA) is 31.2 Å². The zero-order chi connectivity index (χ0) is 19.9. The van der Waals surface area contributed by atoms with Crippen molar-refractivity contribution in [1.29, 1.82) is 0 Å². The van der Waals surface area contributed by atoms with Crippen LogP contribution in [0.4, 0.5) is 0 Å². The zero-order valence-electron chi connectivity index (χ0n) is 15.9. The van der Waals surface area contributed by atoms with Crippen LogP contribution < -0.4 is 0 Å². The van der Waals surface area contributed by atoms with E-state index in [0.29, 0.717) is 6.42 Å². The van der Waals surface area contributed by atoms with Gasteiger partial charge in [0.1, 0.15) is 0 Å². The van der Waals surface area contributed by atoms with E-state index in [1.807, 2.05) is 26.8 Å². The number of amides is 1. The molecule has 0 saturated heterocycles. The summed E-state index contributed by atoms with van der Waals surface area (Å²) in [7, 11) is 9.78. The molecule has 27 heavy (non-hydrogen) atoms. The average Bonchev–Trinajstić information content (AvgIpc) is 3.06. The second-order valence-corrected chi connectivity index (χ2v) is 9.52. The molecule has 0 aliphatic heterocycles. The first-order chi connectivity index (χ1) is 12.9. The molecule has 0 saturated carbocycles. The third-order valence-corrected chi connectivity index (χ3v) is 4.62. The van der Waals surface area contributed by atoms with Gasteiger partial charge in [-0.3, -0.25) is 0 Å². The summed E-state index contributed by atoms with van der Waals surface area (Å²) in [5.74, 6) is 0.216. The van der Waals surface area contributed by atoms with Crippen molar-refractivity contribution in [2.45, 2.75) is 45.1 Å². The zero-order valence-corrected chi connectivity index (χ0v) is 18.9. The maximum atomic E-state index is 12.1. The van der Waals surface area contributed by atoms with Crippen LogP contribution in [0.25, 0.3) is 11.4 Å². The van der Waals surface area contributed by atoms with E-state index in [2.05, 4.69) is 59.9 Å². The Morgan fingerprint density at radius 1 is 1.07 bits per heavy atom. The molecular weight excluding hydrogens is 413 g/mol. The number of allylic oxidation sites excluding steroid dienone is 1. The van der Waals surface area contributed by atoms with Crippen LogP contribution in [0, 0.1) is 0 Å². The van der Waals surface area contributed by atoms with Crippen LogP contribution in [0.5, 0.6) is 0 Å². The number of rotatable bonds is 5. The van der Waals surface area contributed by atoms with Crippen molar-refractivity contribution in [2.24, 2.45) is 0 Å². The van der Waals surface area contributed by atoms with E-state index in [1.54, 1.807) is 0 Å². The minimum absolute atomic E-state index is 0.0142. The molecule has 0 bridgehead atoms. The Morgan fingerprint density at radius 3 is 2.33 bits per heavy atom. The van der Waals surface area contributed by atoms with Gasteiger partial charge in [0.05, 0.1) is 5.91 Å². The number of hydrogen-bond donors (Lipinski definition) is 0. The average molecular weight is 437 g/mol. The molecule has 0 spiro atoms. The van der Waals surface area contributed by atoms with E-state index >= 15 is 0 Å². The molecule has 5 heteroatoms. The maximum absolute atomic E-state index is 12.1. The van der Waals surface area contributed by atoms with Gasteiger partial charge in [0.15, 0.2) is 0 Å². The molecular formula is C22H24Cl2NOTi-. The fourth-order valence-electron chi connectivity index (χ4n) is 3.49. The first-order valence-corrected chi connectivity index (χ1v) is 13.3. The van der Waals surface area contributed by atoms with Crippen molar-refractivity contribution in [1.82, 2.24) is 0 Å². The Bertz CT molecular complexity index is 804. The summed E-state index contributed by atoms with van der Waals surface area (Å²) in [4.78, 5) is 12.1. The molecule has 0 N–H and O–H groups in total. The van der Waals surface area contributed by atoms with Gasteiger partial charge in [-0.1, -0.05) is 99.0 Å². The molecule has 1 amide bonds. The van der Waals surface area contributed by atoms with E-state index < -0.39 is 22.6 Å². The van der Waals surface area contributed by atoms with Crippen molar-refractivity contribution < 1.29 is 21.8 Å². The fraction of sp³-hybridized carbons (Fsp3) is 0.318. The number of benzene rings is 2. The molecule has 1 aliphatic carbocycles. The van der Waals surface area contributed by atoms with Gasteiger partial charge in [-0.15, -0.1) is 0 Å². The summed E-state index contributed by atoms with van der Waals surface area (Å²) in [5, 5.41) is 4.49. The second-order valence-electron chi connectivity index (χ2n) is 6.94. The van der Waals surface area contributed by atoms with E-state index in [1.165, 1.54) is 16.7 Å². The standard InChI is InChI=1S/C22H25NO.2ClH.Ti/c1-4-9-21(24)23-22(2,3)20-13-8-7-12-19(20)18-15-14-16-10-5-6-11-17(16)18;;;/h5-8,10-15,18H,4,9H2,1-3H3,(H,23,24);2*1H;/q;;;+2/p-3. The molecule has 3 rings (SSSR count). The van der Waals surface area contributed by atoms with Crippen molar-refractivity contribution in [3.63, 3.8) is 0 Å². The first-order valence-electron chi connectivity index (χ1n) is 9.03. The molecule has 0 fully saturated rings. The Balaban J connectivity index is 0.000000817. The SMILES string of the molecule is CCCC(=O)[N-]C(C)(C)c1ccccc1C1C=Cc2ccccc21.[Cl][Ti][Cl]. The summed E-state index contributed by atoms with van der Waals surface area (Å²) < 4.78 is 0. The normalized spacial score (nSPS) is 14.8. The van der Waals surface area contributed by atoms with Gasteiger partial charge >= 0.3 is 35.6 Å². The number of carbonyl (C=O) groups excluding carboxylic acids is 1.